The average Bonchev–Trinajstić information content (AvgIpc) is 3.58. The molecule has 4 aromatic rings. The number of aryl methyl sites for hydroxylation is 2. The second-order valence-electron chi connectivity index (χ2n) is 10.3. The zero-order valence-electron chi connectivity index (χ0n) is 24.0. The molecule has 0 saturated heterocycles. The molecule has 0 spiro atoms. The molecule has 11 heteroatoms. The van der Waals surface area contributed by atoms with Gasteiger partial charge in [-0.2, -0.15) is 0 Å². The molecule has 0 saturated carbocycles. The minimum absolute atomic E-state index is 0.0819. The highest BCUT2D eigenvalue weighted by Gasteiger charge is 2.26. The molecule has 222 valence electrons. The molecule has 43 heavy (non-hydrogen) atoms. The van der Waals surface area contributed by atoms with E-state index in [1.807, 2.05) is 60.0 Å². The Kier molecular flexibility index (Phi) is 10.1. The molecule has 9 nitrogen and oxygen atoms in total. The number of hydrogen-bond donors (Lipinski definition) is 3. The highest BCUT2D eigenvalue weighted by molar-refractivity contribution is 7.99. The van der Waals surface area contributed by atoms with Crippen LogP contribution in [0.15, 0.2) is 72.4 Å². The summed E-state index contributed by atoms with van der Waals surface area (Å²) in [5.41, 5.74) is 4.22. The Morgan fingerprint density at radius 2 is 1.79 bits per heavy atom. The summed E-state index contributed by atoms with van der Waals surface area (Å²) in [4.78, 5) is 40.3. The molecule has 0 fully saturated rings. The van der Waals surface area contributed by atoms with Gasteiger partial charge in [0.25, 0.3) is 11.8 Å². The van der Waals surface area contributed by atoms with Gasteiger partial charge in [-0.3, -0.25) is 14.4 Å². The lowest BCUT2D eigenvalue weighted by atomic mass is 9.95. The first-order valence-electron chi connectivity index (χ1n) is 14.2. The van der Waals surface area contributed by atoms with Crippen molar-refractivity contribution >= 4 is 45.8 Å². The van der Waals surface area contributed by atoms with Crippen LogP contribution in [0.5, 0.6) is 0 Å². The number of rotatable bonds is 12. The molecule has 2 aromatic carbocycles. The van der Waals surface area contributed by atoms with Crippen LogP contribution in [0.3, 0.4) is 0 Å². The summed E-state index contributed by atoms with van der Waals surface area (Å²) in [6.45, 7) is 6.79. The fraction of sp³-hybridized carbons (Fsp3) is 0.281. The molecular formula is C32H34N6O3S2. The molecule has 0 aliphatic heterocycles. The number of fused-ring (bicyclic) bond motifs is 1. The summed E-state index contributed by atoms with van der Waals surface area (Å²) in [6, 6.07) is 17.1. The number of benzene rings is 2. The molecule has 3 amide bonds. The summed E-state index contributed by atoms with van der Waals surface area (Å²) in [5.74, 6) is 0.0377. The van der Waals surface area contributed by atoms with Gasteiger partial charge >= 0.3 is 0 Å². The molecular weight excluding hydrogens is 581 g/mol. The summed E-state index contributed by atoms with van der Waals surface area (Å²) in [7, 11) is 0. The molecule has 3 N–H and O–H groups in total. The normalized spacial score (nSPS) is 12.3. The van der Waals surface area contributed by atoms with Crippen molar-refractivity contribution in [2.45, 2.75) is 57.4 Å². The highest BCUT2D eigenvalue weighted by atomic mass is 32.2. The first-order valence-corrected chi connectivity index (χ1v) is 16.0. The van der Waals surface area contributed by atoms with Gasteiger partial charge in [0.15, 0.2) is 11.0 Å². The van der Waals surface area contributed by atoms with Crippen molar-refractivity contribution in [3.63, 3.8) is 0 Å². The van der Waals surface area contributed by atoms with Crippen LogP contribution in [0.1, 0.15) is 60.9 Å². The third kappa shape index (κ3) is 7.60. The van der Waals surface area contributed by atoms with Gasteiger partial charge in [-0.05, 0) is 55.9 Å². The fourth-order valence-electron chi connectivity index (χ4n) is 4.97. The van der Waals surface area contributed by atoms with Crippen LogP contribution in [0.25, 0.3) is 0 Å². The standard InChI is InChI=1S/C32H34N6O3S2/c1-3-16-38-26(19-34-29(40)23-13-9-10-21(2)17-23)36-37-32(38)42-20-27(39)35-31-28(24-14-7-8-15-25(24)43-31)30(41)33-18-22-11-5-4-6-12-22/h3-6,9-13,17H,1,7-8,14-16,18-20H2,2H3,(H,33,41)(H,34,40)(H,35,39). The number of anilines is 1. The summed E-state index contributed by atoms with van der Waals surface area (Å²) in [6.07, 6.45) is 5.57. The van der Waals surface area contributed by atoms with Crippen LogP contribution in [0.2, 0.25) is 0 Å². The van der Waals surface area contributed by atoms with Crippen LogP contribution in [-0.4, -0.2) is 38.2 Å². The molecule has 0 bridgehead atoms. The van der Waals surface area contributed by atoms with Crippen molar-refractivity contribution in [3.05, 3.63) is 106 Å². The van der Waals surface area contributed by atoms with Gasteiger partial charge in [-0.25, -0.2) is 0 Å². The van der Waals surface area contributed by atoms with Crippen LogP contribution in [-0.2, 0) is 37.3 Å². The second kappa shape index (κ2) is 14.3. The number of amides is 3. The predicted molar refractivity (Wildman–Crippen MR) is 170 cm³/mol. The lowest BCUT2D eigenvalue weighted by Crippen LogP contribution is -2.26. The van der Waals surface area contributed by atoms with Gasteiger partial charge in [0.2, 0.25) is 5.91 Å². The van der Waals surface area contributed by atoms with Crippen molar-refractivity contribution in [1.29, 1.82) is 0 Å². The van der Waals surface area contributed by atoms with Gasteiger partial charge < -0.3 is 20.5 Å². The Balaban J connectivity index is 1.23. The summed E-state index contributed by atoms with van der Waals surface area (Å²) in [5, 5.41) is 18.6. The van der Waals surface area contributed by atoms with E-state index in [4.69, 9.17) is 0 Å². The SMILES string of the molecule is C=CCn1c(CNC(=O)c2cccc(C)c2)nnc1SCC(=O)Nc1sc2c(c1C(=O)NCc1ccccc1)CCCC2. The number of nitrogens with one attached hydrogen (secondary N) is 3. The smallest absolute Gasteiger partial charge is 0.254 e. The van der Waals surface area contributed by atoms with Crippen molar-refractivity contribution in [3.8, 4) is 0 Å². The highest BCUT2D eigenvalue weighted by Crippen LogP contribution is 2.38. The van der Waals surface area contributed by atoms with Gasteiger partial charge in [0, 0.05) is 23.5 Å². The number of carbonyl (C=O) groups excluding carboxylic acids is 3. The molecule has 2 heterocycles. The minimum atomic E-state index is -0.233. The van der Waals surface area contributed by atoms with E-state index in [0.29, 0.717) is 40.2 Å². The second-order valence-corrected chi connectivity index (χ2v) is 12.3. The quantitative estimate of drug-likeness (QED) is 0.147. The van der Waals surface area contributed by atoms with Gasteiger partial charge in [0.05, 0.1) is 17.9 Å². The molecule has 0 unspecified atom stereocenters. The lowest BCUT2D eigenvalue weighted by Gasteiger charge is -2.13. The number of thioether (sulfide) groups is 1. The molecule has 5 rings (SSSR count). The minimum Gasteiger partial charge on any atom is -0.348 e. The number of hydrogen-bond acceptors (Lipinski definition) is 7. The molecule has 0 atom stereocenters. The Hall–Kier alpha value is -4.22. The van der Waals surface area contributed by atoms with Crippen LogP contribution in [0, 0.1) is 6.92 Å². The number of aromatic nitrogens is 3. The largest absolute Gasteiger partial charge is 0.348 e. The van der Waals surface area contributed by atoms with Gasteiger partial charge in [-0.15, -0.1) is 28.1 Å². The number of nitrogens with zero attached hydrogens (tertiary/aromatic N) is 3. The number of allylic oxidation sites excluding steroid dienone is 1. The van der Waals surface area contributed by atoms with E-state index >= 15 is 0 Å². The van der Waals surface area contributed by atoms with Gasteiger partial charge in [0.1, 0.15) is 5.00 Å². The first-order chi connectivity index (χ1) is 20.9. The Morgan fingerprint density at radius 3 is 2.58 bits per heavy atom. The molecule has 1 aliphatic carbocycles. The van der Waals surface area contributed by atoms with E-state index < -0.39 is 0 Å². The lowest BCUT2D eigenvalue weighted by molar-refractivity contribution is -0.113. The monoisotopic (exact) mass is 614 g/mol. The van der Waals surface area contributed by atoms with E-state index in [9.17, 15) is 14.4 Å². The number of carbonyl (C=O) groups is 3. The Morgan fingerprint density at radius 1 is 1.00 bits per heavy atom. The Bertz CT molecular complexity index is 1630. The van der Waals surface area contributed by atoms with Crippen molar-refractivity contribution in [2.24, 2.45) is 0 Å². The van der Waals surface area contributed by atoms with Crippen LogP contribution >= 0.6 is 23.1 Å². The average molecular weight is 615 g/mol. The van der Waals surface area contributed by atoms with E-state index in [2.05, 4.69) is 32.7 Å². The maximum Gasteiger partial charge on any atom is 0.254 e. The third-order valence-corrected chi connectivity index (χ3v) is 9.25. The van der Waals surface area contributed by atoms with E-state index in [0.717, 1.165) is 42.4 Å². The predicted octanol–water partition coefficient (Wildman–Crippen LogP) is 5.30. The van der Waals surface area contributed by atoms with Crippen molar-refractivity contribution < 1.29 is 14.4 Å². The zero-order valence-corrected chi connectivity index (χ0v) is 25.7. The fourth-order valence-corrected chi connectivity index (χ4v) is 7.04. The molecule has 2 aromatic heterocycles. The van der Waals surface area contributed by atoms with Crippen LogP contribution in [0.4, 0.5) is 5.00 Å². The maximum absolute atomic E-state index is 13.3. The third-order valence-electron chi connectivity index (χ3n) is 7.07. The van der Waals surface area contributed by atoms with E-state index in [1.54, 1.807) is 12.1 Å². The maximum atomic E-state index is 13.3. The summed E-state index contributed by atoms with van der Waals surface area (Å²) >= 11 is 2.74. The summed E-state index contributed by atoms with van der Waals surface area (Å²) < 4.78 is 1.83. The first kappa shape index (κ1) is 30.2. The zero-order chi connectivity index (χ0) is 30.2. The number of thiophene rings is 1. The van der Waals surface area contributed by atoms with Crippen molar-refractivity contribution in [2.75, 3.05) is 11.1 Å². The molecule has 1 aliphatic rings. The van der Waals surface area contributed by atoms with Crippen LogP contribution < -0.4 is 16.0 Å². The molecule has 0 radical (unpaired) electrons. The van der Waals surface area contributed by atoms with E-state index in [1.165, 1.54) is 28.0 Å². The van der Waals surface area contributed by atoms with Crippen molar-refractivity contribution in [1.82, 2.24) is 25.4 Å². The van der Waals surface area contributed by atoms with E-state index in [-0.39, 0.29) is 30.0 Å². The van der Waals surface area contributed by atoms with Gasteiger partial charge in [-0.1, -0.05) is 65.9 Å². The topological polar surface area (TPSA) is 118 Å². The Labute approximate surface area is 259 Å².